The van der Waals surface area contributed by atoms with E-state index in [1.54, 1.807) is 18.2 Å². The molecule has 0 fully saturated rings. The summed E-state index contributed by atoms with van der Waals surface area (Å²) in [6, 6.07) is 16.5. The summed E-state index contributed by atoms with van der Waals surface area (Å²) < 4.78 is 0. The molecule has 3 N–H and O–H groups in total. The second kappa shape index (κ2) is 8.67. The number of nitrogens with one attached hydrogen (secondary N) is 3. The Morgan fingerprint density at radius 1 is 0.968 bits per heavy atom. The van der Waals surface area contributed by atoms with Gasteiger partial charge in [-0.3, -0.25) is 10.1 Å². The third-order valence-corrected chi connectivity index (χ3v) is 5.86. The van der Waals surface area contributed by atoms with Gasteiger partial charge in [-0.15, -0.1) is 0 Å². The van der Waals surface area contributed by atoms with E-state index in [4.69, 9.17) is 35.4 Å². The Balaban J connectivity index is 1.44. The maximum atomic E-state index is 12.4. The third kappa shape index (κ3) is 4.71. The molecule has 156 valence electrons. The molecule has 8 heteroatoms. The van der Waals surface area contributed by atoms with Crippen molar-refractivity contribution >= 4 is 63.2 Å². The van der Waals surface area contributed by atoms with Crippen molar-refractivity contribution in [3.05, 3.63) is 81.3 Å². The zero-order valence-corrected chi connectivity index (χ0v) is 19.0. The summed E-state index contributed by atoms with van der Waals surface area (Å²) in [6.07, 6.45) is 0. The van der Waals surface area contributed by atoms with Crippen LogP contribution in [-0.2, 0) is 0 Å². The van der Waals surface area contributed by atoms with Gasteiger partial charge in [0.1, 0.15) is 5.82 Å². The molecule has 5 nitrogen and oxygen atoms in total. The number of rotatable bonds is 3. The van der Waals surface area contributed by atoms with Gasteiger partial charge in [0.05, 0.1) is 11.0 Å². The van der Waals surface area contributed by atoms with Gasteiger partial charge in [0, 0.05) is 26.9 Å². The highest BCUT2D eigenvalue weighted by Crippen LogP contribution is 2.26. The highest BCUT2D eigenvalue weighted by atomic mass is 35.5. The molecule has 3 aromatic carbocycles. The predicted molar refractivity (Wildman–Crippen MR) is 131 cm³/mol. The van der Waals surface area contributed by atoms with Crippen molar-refractivity contribution in [2.45, 2.75) is 13.8 Å². The summed E-state index contributed by atoms with van der Waals surface area (Å²) in [4.78, 5) is 20.3. The zero-order chi connectivity index (χ0) is 22.1. The van der Waals surface area contributed by atoms with Crippen molar-refractivity contribution in [2.24, 2.45) is 0 Å². The fourth-order valence-corrected chi connectivity index (χ4v) is 3.61. The molecule has 0 spiro atoms. The van der Waals surface area contributed by atoms with Crippen molar-refractivity contribution in [1.29, 1.82) is 0 Å². The second-order valence-corrected chi connectivity index (χ2v) is 8.38. The predicted octanol–water partition coefficient (Wildman–Crippen LogP) is 6.28. The number of amides is 1. The SMILES string of the molecule is Cc1ccc(C(=O)NC(=S)Nc2ccc(-c3nc4cc(Cl)c(C)cc4[nH]3)cc2)cc1Cl. The molecular weight excluding hydrogens is 451 g/mol. The molecule has 31 heavy (non-hydrogen) atoms. The van der Waals surface area contributed by atoms with Crippen LogP contribution in [0.2, 0.25) is 10.0 Å². The molecule has 0 unspecified atom stereocenters. The van der Waals surface area contributed by atoms with Crippen LogP contribution in [0.15, 0.2) is 54.6 Å². The minimum Gasteiger partial charge on any atom is -0.338 e. The summed E-state index contributed by atoms with van der Waals surface area (Å²) in [5.74, 6) is 0.419. The summed E-state index contributed by atoms with van der Waals surface area (Å²) in [5, 5.41) is 7.08. The highest BCUT2D eigenvalue weighted by Gasteiger charge is 2.11. The Morgan fingerprint density at radius 2 is 1.68 bits per heavy atom. The first kappa shape index (κ1) is 21.3. The molecule has 0 aliphatic heterocycles. The van der Waals surface area contributed by atoms with Crippen LogP contribution in [-0.4, -0.2) is 21.0 Å². The van der Waals surface area contributed by atoms with E-state index in [-0.39, 0.29) is 11.0 Å². The molecule has 0 aliphatic carbocycles. The molecule has 0 bridgehead atoms. The zero-order valence-electron chi connectivity index (χ0n) is 16.7. The minimum atomic E-state index is -0.327. The maximum absolute atomic E-state index is 12.4. The van der Waals surface area contributed by atoms with Gasteiger partial charge >= 0.3 is 0 Å². The average molecular weight is 469 g/mol. The smallest absolute Gasteiger partial charge is 0.257 e. The number of aryl methyl sites for hydroxylation is 2. The first-order valence-corrected chi connectivity index (χ1v) is 10.6. The quantitative estimate of drug-likeness (QED) is 0.309. The Labute approximate surface area is 194 Å². The molecule has 1 heterocycles. The Hall–Kier alpha value is -2.93. The lowest BCUT2D eigenvalue weighted by atomic mass is 10.1. The van der Waals surface area contributed by atoms with Crippen molar-refractivity contribution < 1.29 is 4.79 Å². The van der Waals surface area contributed by atoms with Crippen molar-refractivity contribution in [3.63, 3.8) is 0 Å². The number of carbonyl (C=O) groups is 1. The normalized spacial score (nSPS) is 10.8. The number of imidazole rings is 1. The summed E-state index contributed by atoms with van der Waals surface area (Å²) in [6.45, 7) is 3.83. The van der Waals surface area contributed by atoms with Crippen LogP contribution in [0.4, 0.5) is 5.69 Å². The number of benzene rings is 3. The first-order valence-electron chi connectivity index (χ1n) is 9.45. The van der Waals surface area contributed by atoms with Crippen molar-refractivity contribution in [2.75, 3.05) is 5.32 Å². The number of aromatic amines is 1. The Bertz CT molecular complexity index is 1280. The van der Waals surface area contributed by atoms with Gasteiger partial charge in [-0.1, -0.05) is 29.3 Å². The van der Waals surface area contributed by atoms with E-state index in [1.165, 1.54) is 0 Å². The van der Waals surface area contributed by atoms with Crippen LogP contribution in [0.3, 0.4) is 0 Å². The van der Waals surface area contributed by atoms with Crippen molar-refractivity contribution in [1.82, 2.24) is 15.3 Å². The van der Waals surface area contributed by atoms with Gasteiger partial charge < -0.3 is 10.3 Å². The number of anilines is 1. The highest BCUT2D eigenvalue weighted by molar-refractivity contribution is 7.80. The summed E-state index contributed by atoms with van der Waals surface area (Å²) in [7, 11) is 0. The number of fused-ring (bicyclic) bond motifs is 1. The third-order valence-electron chi connectivity index (χ3n) is 4.84. The number of thiocarbonyl (C=S) groups is 1. The lowest BCUT2D eigenvalue weighted by molar-refractivity contribution is 0.0977. The van der Waals surface area contributed by atoms with Crippen LogP contribution in [0.5, 0.6) is 0 Å². The van der Waals surface area contributed by atoms with E-state index in [0.717, 1.165) is 39.2 Å². The maximum Gasteiger partial charge on any atom is 0.257 e. The van der Waals surface area contributed by atoms with E-state index in [1.807, 2.05) is 50.2 Å². The lowest BCUT2D eigenvalue weighted by Gasteiger charge is -2.10. The number of nitrogens with zero attached hydrogens (tertiary/aromatic N) is 1. The standard InChI is InChI=1S/C23H18Cl2N4OS/c1-12-3-4-15(10-17(12)24)22(30)29-23(31)26-16-7-5-14(6-8-16)21-27-19-9-13(2)18(25)11-20(19)28-21/h3-11H,1-2H3,(H,27,28)(H2,26,29,30,31). The van der Waals surface area contributed by atoms with E-state index in [2.05, 4.69) is 20.6 Å². The van der Waals surface area contributed by atoms with Gasteiger partial charge in [-0.25, -0.2) is 4.98 Å². The summed E-state index contributed by atoms with van der Waals surface area (Å²) in [5.41, 5.74) is 5.74. The fraction of sp³-hybridized carbons (Fsp3) is 0.0870. The molecular formula is C23H18Cl2N4OS. The van der Waals surface area contributed by atoms with E-state index >= 15 is 0 Å². The van der Waals surface area contributed by atoms with E-state index < -0.39 is 0 Å². The number of carbonyl (C=O) groups excluding carboxylic acids is 1. The largest absolute Gasteiger partial charge is 0.338 e. The van der Waals surface area contributed by atoms with Crippen LogP contribution in [0, 0.1) is 13.8 Å². The number of aromatic nitrogens is 2. The average Bonchev–Trinajstić information content (AvgIpc) is 3.13. The first-order chi connectivity index (χ1) is 14.8. The van der Waals surface area contributed by atoms with E-state index in [0.29, 0.717) is 15.6 Å². The monoisotopic (exact) mass is 468 g/mol. The lowest BCUT2D eigenvalue weighted by Crippen LogP contribution is -2.34. The van der Waals surface area contributed by atoms with Gasteiger partial charge in [-0.2, -0.15) is 0 Å². The number of H-pyrrole nitrogens is 1. The molecule has 0 aliphatic rings. The summed E-state index contributed by atoms with van der Waals surface area (Å²) >= 11 is 17.5. The van der Waals surface area contributed by atoms with E-state index in [9.17, 15) is 4.79 Å². The molecule has 1 amide bonds. The second-order valence-electron chi connectivity index (χ2n) is 7.15. The molecule has 0 atom stereocenters. The van der Waals surface area contributed by atoms with Crippen molar-refractivity contribution in [3.8, 4) is 11.4 Å². The molecule has 4 aromatic rings. The number of hydrogen-bond acceptors (Lipinski definition) is 3. The van der Waals surface area contributed by atoms with Crippen LogP contribution >= 0.6 is 35.4 Å². The van der Waals surface area contributed by atoms with Crippen LogP contribution in [0.25, 0.3) is 22.4 Å². The molecule has 4 rings (SSSR count). The van der Waals surface area contributed by atoms with Crippen LogP contribution < -0.4 is 10.6 Å². The Morgan fingerprint density at radius 3 is 2.39 bits per heavy atom. The van der Waals surface area contributed by atoms with Gasteiger partial charge in [0.25, 0.3) is 5.91 Å². The van der Waals surface area contributed by atoms with Gasteiger partial charge in [0.15, 0.2) is 5.11 Å². The van der Waals surface area contributed by atoms with Crippen LogP contribution in [0.1, 0.15) is 21.5 Å². The number of hydrogen-bond donors (Lipinski definition) is 3. The molecule has 0 saturated carbocycles. The van der Waals surface area contributed by atoms with Gasteiger partial charge in [0.2, 0.25) is 0 Å². The Kier molecular flexibility index (Phi) is 5.96. The number of halogens is 2. The fourth-order valence-electron chi connectivity index (χ4n) is 3.06. The van der Waals surface area contributed by atoms with Gasteiger partial charge in [-0.05, 0) is 85.7 Å². The molecule has 0 saturated heterocycles. The molecule has 1 aromatic heterocycles. The minimum absolute atomic E-state index is 0.198. The molecule has 0 radical (unpaired) electrons. The topological polar surface area (TPSA) is 69.8 Å².